The summed E-state index contributed by atoms with van der Waals surface area (Å²) in [6, 6.07) is 9.94. The Labute approximate surface area is 143 Å². The monoisotopic (exact) mass is 332 g/mol. The molecule has 0 aliphatic carbocycles. The highest BCUT2D eigenvalue weighted by Gasteiger charge is 2.44. The summed E-state index contributed by atoms with van der Waals surface area (Å²) in [6.45, 7) is 14.5. The smallest absolute Gasteiger partial charge is 0.200 e. The molecule has 1 aromatic carbocycles. The summed E-state index contributed by atoms with van der Waals surface area (Å²) in [6.07, 6.45) is 0.598. The van der Waals surface area contributed by atoms with Gasteiger partial charge in [-0.3, -0.25) is 0 Å². The van der Waals surface area contributed by atoms with Crippen molar-refractivity contribution in [3.8, 4) is 6.07 Å². The highest BCUT2D eigenvalue weighted by atomic mass is 28.4. The van der Waals surface area contributed by atoms with Crippen LogP contribution >= 0.6 is 0 Å². The molecule has 0 aliphatic rings. The molecular formula is C19H32N2OSi. The Bertz CT molecular complexity index is 495. The van der Waals surface area contributed by atoms with E-state index in [1.54, 1.807) is 0 Å². The molecule has 0 heterocycles. The zero-order valence-electron chi connectivity index (χ0n) is 15.5. The van der Waals surface area contributed by atoms with Crippen LogP contribution in [0.5, 0.6) is 0 Å². The van der Waals surface area contributed by atoms with Crippen LogP contribution in [-0.2, 0) is 17.5 Å². The lowest BCUT2D eigenvalue weighted by molar-refractivity contribution is 0.266. The molecule has 1 atom stereocenters. The van der Waals surface area contributed by atoms with Crippen molar-refractivity contribution in [2.45, 2.75) is 77.2 Å². The Morgan fingerprint density at radius 3 is 1.78 bits per heavy atom. The first-order valence-electron chi connectivity index (χ1n) is 8.61. The fraction of sp³-hybridized carbons (Fsp3) is 0.632. The molecule has 0 amide bonds. The van der Waals surface area contributed by atoms with E-state index in [2.05, 4.69) is 71.9 Å². The molecule has 0 fully saturated rings. The standard InChI is InChI=1S/C19H32N2OSi/c1-14(2)23(15(3)4,16(5)6)22-13-18-9-7-17(8-10-18)11-19(21)12-20/h7-10,14-16,19H,11,13,21H2,1-6H3. The zero-order valence-corrected chi connectivity index (χ0v) is 16.5. The maximum Gasteiger partial charge on any atom is 0.200 e. The van der Waals surface area contributed by atoms with Crippen LogP contribution in [0, 0.1) is 11.3 Å². The molecule has 0 radical (unpaired) electrons. The van der Waals surface area contributed by atoms with E-state index in [1.807, 2.05) is 0 Å². The third kappa shape index (κ3) is 4.91. The third-order valence-corrected chi connectivity index (χ3v) is 10.9. The van der Waals surface area contributed by atoms with E-state index in [0.717, 1.165) is 5.56 Å². The minimum Gasteiger partial charge on any atom is -0.412 e. The van der Waals surface area contributed by atoms with Crippen molar-refractivity contribution in [1.82, 2.24) is 0 Å². The fourth-order valence-corrected chi connectivity index (χ4v) is 9.20. The number of rotatable bonds is 8. The number of nitrogens with zero attached hydrogens (tertiary/aromatic N) is 1. The van der Waals surface area contributed by atoms with Gasteiger partial charge in [0.25, 0.3) is 0 Å². The number of benzene rings is 1. The van der Waals surface area contributed by atoms with E-state index in [4.69, 9.17) is 15.4 Å². The fourth-order valence-electron chi connectivity index (χ4n) is 3.78. The van der Waals surface area contributed by atoms with Gasteiger partial charge in [0.2, 0.25) is 8.32 Å². The Hall–Kier alpha value is -1.15. The van der Waals surface area contributed by atoms with Crippen molar-refractivity contribution < 1.29 is 4.43 Å². The van der Waals surface area contributed by atoms with E-state index in [1.165, 1.54) is 5.56 Å². The quantitative estimate of drug-likeness (QED) is 0.697. The van der Waals surface area contributed by atoms with Crippen LogP contribution in [-0.4, -0.2) is 14.4 Å². The summed E-state index contributed by atoms with van der Waals surface area (Å²) >= 11 is 0. The molecule has 0 spiro atoms. The van der Waals surface area contributed by atoms with Crippen molar-refractivity contribution in [1.29, 1.82) is 5.26 Å². The number of hydrogen-bond donors (Lipinski definition) is 1. The molecule has 0 saturated heterocycles. The van der Waals surface area contributed by atoms with Crippen LogP contribution in [0.4, 0.5) is 0 Å². The average molecular weight is 333 g/mol. The van der Waals surface area contributed by atoms with Crippen LogP contribution in [0.2, 0.25) is 16.6 Å². The van der Waals surface area contributed by atoms with Gasteiger partial charge in [-0.2, -0.15) is 5.26 Å². The van der Waals surface area contributed by atoms with Gasteiger partial charge in [0.1, 0.15) is 0 Å². The van der Waals surface area contributed by atoms with Crippen LogP contribution in [0.3, 0.4) is 0 Å². The van der Waals surface area contributed by atoms with E-state index in [0.29, 0.717) is 29.7 Å². The van der Waals surface area contributed by atoms with Crippen LogP contribution in [0.15, 0.2) is 24.3 Å². The lowest BCUT2D eigenvalue weighted by Crippen LogP contribution is -2.47. The van der Waals surface area contributed by atoms with Crippen molar-refractivity contribution in [2.75, 3.05) is 0 Å². The average Bonchev–Trinajstić information content (AvgIpc) is 2.48. The van der Waals surface area contributed by atoms with Gasteiger partial charge in [-0.25, -0.2) is 0 Å². The predicted molar refractivity (Wildman–Crippen MR) is 99.6 cm³/mol. The first kappa shape index (κ1) is 19.9. The van der Waals surface area contributed by atoms with E-state index < -0.39 is 14.4 Å². The van der Waals surface area contributed by atoms with Crippen LogP contribution in [0.1, 0.15) is 52.7 Å². The first-order valence-corrected chi connectivity index (χ1v) is 10.7. The molecule has 1 rings (SSSR count). The summed E-state index contributed by atoms with van der Waals surface area (Å²) in [4.78, 5) is 0. The van der Waals surface area contributed by atoms with E-state index >= 15 is 0 Å². The number of nitrogens with two attached hydrogens (primary N) is 1. The number of nitriles is 1. The van der Waals surface area contributed by atoms with Gasteiger partial charge in [-0.1, -0.05) is 65.8 Å². The molecule has 0 saturated carbocycles. The molecule has 0 aromatic heterocycles. The van der Waals surface area contributed by atoms with Crippen LogP contribution < -0.4 is 5.73 Å². The molecular weight excluding hydrogens is 300 g/mol. The predicted octanol–water partition coefficient (Wildman–Crippen LogP) is 4.77. The molecule has 0 bridgehead atoms. The second-order valence-electron chi connectivity index (χ2n) is 7.36. The Kier molecular flexibility index (Phi) is 7.46. The Morgan fingerprint density at radius 2 is 1.39 bits per heavy atom. The molecule has 128 valence electrons. The SMILES string of the molecule is CC(C)[Si](OCc1ccc(CC(N)C#N)cc1)(C(C)C)C(C)C. The summed E-state index contributed by atoms with van der Waals surface area (Å²) in [7, 11) is -1.82. The highest BCUT2D eigenvalue weighted by Crippen LogP contribution is 2.42. The Morgan fingerprint density at radius 1 is 0.957 bits per heavy atom. The van der Waals surface area contributed by atoms with Gasteiger partial charge in [0.05, 0.1) is 18.7 Å². The van der Waals surface area contributed by atoms with E-state index in [-0.39, 0.29) is 0 Å². The zero-order chi connectivity index (χ0) is 17.6. The summed E-state index contributed by atoms with van der Waals surface area (Å²) < 4.78 is 6.60. The lowest BCUT2D eigenvalue weighted by Gasteiger charge is -2.42. The molecule has 23 heavy (non-hydrogen) atoms. The second kappa shape index (κ2) is 8.63. The van der Waals surface area contributed by atoms with Gasteiger partial charge in [-0.05, 0) is 27.8 Å². The second-order valence-corrected chi connectivity index (χ2v) is 12.8. The van der Waals surface area contributed by atoms with Gasteiger partial charge in [0, 0.05) is 6.42 Å². The van der Waals surface area contributed by atoms with Crippen molar-refractivity contribution in [3.05, 3.63) is 35.4 Å². The lowest BCUT2D eigenvalue weighted by atomic mass is 10.1. The molecule has 1 unspecified atom stereocenters. The van der Waals surface area contributed by atoms with Crippen LogP contribution in [0.25, 0.3) is 0 Å². The first-order chi connectivity index (χ1) is 10.7. The normalized spacial score (nSPS) is 13.6. The van der Waals surface area contributed by atoms with Gasteiger partial charge in [0.15, 0.2) is 0 Å². The topological polar surface area (TPSA) is 59.0 Å². The molecule has 4 heteroatoms. The summed E-state index contributed by atoms with van der Waals surface area (Å²) in [5, 5.41) is 8.79. The Balaban J connectivity index is 2.81. The molecule has 1 aromatic rings. The summed E-state index contributed by atoms with van der Waals surface area (Å²) in [5.74, 6) is 0. The van der Waals surface area contributed by atoms with Gasteiger partial charge < -0.3 is 10.2 Å². The molecule has 3 nitrogen and oxygen atoms in total. The van der Waals surface area contributed by atoms with Gasteiger partial charge in [-0.15, -0.1) is 0 Å². The minimum atomic E-state index is -1.82. The van der Waals surface area contributed by atoms with Crippen molar-refractivity contribution in [3.63, 3.8) is 0 Å². The highest BCUT2D eigenvalue weighted by molar-refractivity contribution is 6.77. The minimum absolute atomic E-state index is 0.431. The third-order valence-electron chi connectivity index (χ3n) is 4.84. The molecule has 2 N–H and O–H groups in total. The van der Waals surface area contributed by atoms with Crippen molar-refractivity contribution in [2.24, 2.45) is 5.73 Å². The van der Waals surface area contributed by atoms with Crippen molar-refractivity contribution >= 4 is 8.32 Å². The molecule has 0 aliphatic heterocycles. The van der Waals surface area contributed by atoms with E-state index in [9.17, 15) is 0 Å². The largest absolute Gasteiger partial charge is 0.412 e. The maximum absolute atomic E-state index is 8.79. The maximum atomic E-state index is 8.79. The summed E-state index contributed by atoms with van der Waals surface area (Å²) in [5.41, 5.74) is 9.75. The van der Waals surface area contributed by atoms with Gasteiger partial charge >= 0.3 is 0 Å². The number of hydrogen-bond acceptors (Lipinski definition) is 3.